The van der Waals surface area contributed by atoms with Gasteiger partial charge in [0.1, 0.15) is 28.6 Å². The van der Waals surface area contributed by atoms with Crippen molar-refractivity contribution in [3.8, 4) is 23.0 Å². The van der Waals surface area contributed by atoms with Crippen molar-refractivity contribution in [3.63, 3.8) is 0 Å². The molecule has 0 heterocycles. The number of ether oxygens (including phenoxy) is 14. The zero-order chi connectivity index (χ0) is 71.3. The summed E-state index contributed by atoms with van der Waals surface area (Å²) in [6.07, 6.45) is 14.6. The summed E-state index contributed by atoms with van der Waals surface area (Å²) < 4.78 is 74.4. The molecule has 23 heteroatoms. The van der Waals surface area contributed by atoms with Crippen LogP contribution in [0.4, 0.5) is 0 Å². The Bertz CT molecular complexity index is 2490. The second-order valence-corrected chi connectivity index (χ2v) is 24.0. The van der Waals surface area contributed by atoms with Gasteiger partial charge < -0.3 is 103 Å². The molecule has 97 heavy (non-hydrogen) atoms. The molecular formula is C74H124N2O21. The van der Waals surface area contributed by atoms with Crippen molar-refractivity contribution >= 4 is 11.9 Å². The topological polar surface area (TPSA) is 303 Å². The highest BCUT2D eigenvalue weighted by atomic mass is 16.6. The number of methoxy groups -OCH3 is 2. The highest BCUT2D eigenvalue weighted by molar-refractivity contribution is 5.99. The van der Waals surface area contributed by atoms with Crippen LogP contribution in [-0.4, -0.2) is 236 Å². The van der Waals surface area contributed by atoms with Gasteiger partial charge in [-0.3, -0.25) is 4.79 Å². The number of carboxylic acid groups (broad SMARTS) is 1. The molecule has 2 unspecified atom stereocenters. The van der Waals surface area contributed by atoms with Crippen LogP contribution in [0.3, 0.4) is 0 Å². The van der Waals surface area contributed by atoms with Crippen LogP contribution in [0.25, 0.3) is 0 Å². The van der Waals surface area contributed by atoms with Crippen LogP contribution in [0.2, 0.25) is 0 Å². The van der Waals surface area contributed by atoms with Gasteiger partial charge in [0.2, 0.25) is 0 Å². The standard InChI is InChI=1S/C37H61NO10.C22H30O4.C15H33NO7/c1-6-7-8-9-30-27-33(39)35(32-26-29(4)10-11-31(32)28(2)3)36(40)34(30)37(41)38-12-13-43-16-17-45-20-21-47-24-25-48-23-22-46-19-18-44-15-14-42-5;1-5-6-7-8-15-12-18(23)20(21(24)19(15)22(25)26)17-11-14(4)9-10-16(17)13(2)3;1-17-4-5-19-8-9-21-12-13-23-15-14-22-11-10-20-7-6-18-3-2-16/h26-27,31-32,39-40H,2,6-25H2,1,3-5H3,(H,38,41);11-12,16-17,23-24H,2,5-10H2,1,3-4H3,(H,25,26);2-16H2,1H3/t31-,32?;16-,17?;/m00./s1. The Labute approximate surface area is 579 Å². The Hall–Kier alpha value is -5.06. The molecule has 0 saturated carbocycles. The van der Waals surface area contributed by atoms with Crippen molar-refractivity contribution in [1.82, 2.24) is 5.32 Å². The number of amides is 1. The maximum atomic E-state index is 13.4. The Morgan fingerprint density at radius 3 is 1.07 bits per heavy atom. The van der Waals surface area contributed by atoms with Crippen LogP contribution in [0.1, 0.15) is 161 Å². The van der Waals surface area contributed by atoms with E-state index in [0.717, 1.165) is 75.4 Å². The maximum Gasteiger partial charge on any atom is 0.339 e. The molecule has 0 aliphatic heterocycles. The summed E-state index contributed by atoms with van der Waals surface area (Å²) >= 11 is 0. The van der Waals surface area contributed by atoms with Crippen LogP contribution >= 0.6 is 0 Å². The Balaban J connectivity index is 0.000000548. The van der Waals surface area contributed by atoms with Crippen molar-refractivity contribution in [2.24, 2.45) is 17.6 Å². The van der Waals surface area contributed by atoms with Gasteiger partial charge in [-0.2, -0.15) is 0 Å². The lowest BCUT2D eigenvalue weighted by Gasteiger charge is -2.32. The molecule has 0 aromatic heterocycles. The largest absolute Gasteiger partial charge is 0.507 e. The molecule has 1 amide bonds. The number of aromatic carboxylic acids is 1. The van der Waals surface area contributed by atoms with Gasteiger partial charge >= 0.3 is 5.97 Å². The first kappa shape index (κ1) is 88.0. The summed E-state index contributed by atoms with van der Waals surface area (Å²) in [5, 5.41) is 56.7. The number of aromatic hydroxyl groups is 4. The molecule has 23 nitrogen and oxygen atoms in total. The van der Waals surface area contributed by atoms with Crippen LogP contribution in [0.15, 0.2) is 59.7 Å². The van der Waals surface area contributed by atoms with Gasteiger partial charge in [0.15, 0.2) is 0 Å². The van der Waals surface area contributed by atoms with E-state index in [2.05, 4.69) is 45.3 Å². The minimum absolute atomic E-state index is 0.0253. The number of carbonyl (C=O) groups excluding carboxylic acids is 1. The van der Waals surface area contributed by atoms with E-state index in [9.17, 15) is 35.1 Å². The Kier molecular flexibility index (Phi) is 51.4. The zero-order valence-electron chi connectivity index (χ0n) is 60.2. The fourth-order valence-corrected chi connectivity index (χ4v) is 11.0. The van der Waals surface area contributed by atoms with E-state index < -0.39 is 5.97 Å². The van der Waals surface area contributed by atoms with Crippen LogP contribution in [0.5, 0.6) is 23.0 Å². The molecule has 2 aliphatic rings. The first-order chi connectivity index (χ1) is 47.0. The molecule has 0 fully saturated rings. The molecule has 0 saturated heterocycles. The molecule has 2 aliphatic carbocycles. The van der Waals surface area contributed by atoms with Gasteiger partial charge in [0, 0.05) is 50.3 Å². The molecule has 2 aromatic rings. The average Bonchev–Trinajstić information content (AvgIpc) is 0.779. The van der Waals surface area contributed by atoms with Gasteiger partial charge in [0.05, 0.1) is 177 Å². The molecule has 556 valence electrons. The summed E-state index contributed by atoms with van der Waals surface area (Å²) in [4.78, 5) is 25.3. The third kappa shape index (κ3) is 37.8. The fraction of sp³-hybridized carbons (Fsp3) is 0.703. The Morgan fingerprint density at radius 2 is 0.773 bits per heavy atom. The van der Waals surface area contributed by atoms with Gasteiger partial charge in [-0.1, -0.05) is 87.1 Å². The lowest BCUT2D eigenvalue weighted by molar-refractivity contribution is -0.0189. The van der Waals surface area contributed by atoms with E-state index in [1.54, 1.807) is 20.3 Å². The maximum absolute atomic E-state index is 13.4. The SMILES string of the molecule is C=C(C)[C@@H]1CCC(C)=CC1c1c(O)cc(CCCCC)c(C(=O)NCCOCCOCCOCCOCCOCCOCCOC)c1O.C=C(C)[C@@H]1CCC(C)=CC1c1c(O)cc(CCCCC)c(C(=O)O)c1O.COCCOCCOCCOCCOCCOCCOCCN. The number of phenols is 4. The van der Waals surface area contributed by atoms with Gasteiger partial charge in [-0.15, -0.1) is 0 Å². The first-order valence-corrected chi connectivity index (χ1v) is 34.9. The lowest BCUT2D eigenvalue weighted by Crippen LogP contribution is -2.29. The third-order valence-corrected chi connectivity index (χ3v) is 16.1. The monoisotopic (exact) mass is 1380 g/mol. The highest BCUT2D eigenvalue weighted by Gasteiger charge is 2.35. The number of hydrogen-bond donors (Lipinski definition) is 7. The van der Waals surface area contributed by atoms with Gasteiger partial charge in [-0.25, -0.2) is 4.79 Å². The highest BCUT2D eigenvalue weighted by Crippen LogP contribution is 2.50. The van der Waals surface area contributed by atoms with Crippen molar-refractivity contribution in [1.29, 1.82) is 0 Å². The molecule has 2 aromatic carbocycles. The normalized spacial score (nSPS) is 16.0. The summed E-state index contributed by atoms with van der Waals surface area (Å²) in [5.74, 6) is -2.34. The summed E-state index contributed by atoms with van der Waals surface area (Å²) in [6, 6.07) is 3.19. The summed E-state index contributed by atoms with van der Waals surface area (Å²) in [5.41, 5.74) is 11.6. The number of hydrogen-bond acceptors (Lipinski definition) is 21. The van der Waals surface area contributed by atoms with Gasteiger partial charge in [0.25, 0.3) is 5.91 Å². The first-order valence-electron chi connectivity index (χ1n) is 34.9. The Morgan fingerprint density at radius 1 is 0.474 bits per heavy atom. The number of aryl methyl sites for hydroxylation is 2. The van der Waals surface area contributed by atoms with Crippen molar-refractivity contribution in [2.75, 3.05) is 199 Å². The molecule has 8 N–H and O–H groups in total. The summed E-state index contributed by atoms with van der Waals surface area (Å²) in [7, 11) is 3.29. The fourth-order valence-electron chi connectivity index (χ4n) is 11.0. The number of allylic oxidation sites excluding steroid dienone is 6. The number of rotatable bonds is 55. The molecule has 0 spiro atoms. The van der Waals surface area contributed by atoms with Crippen molar-refractivity contribution in [3.05, 3.63) is 93.1 Å². The molecule has 0 radical (unpaired) electrons. The van der Waals surface area contributed by atoms with Crippen LogP contribution in [0, 0.1) is 11.8 Å². The molecule has 4 rings (SSSR count). The number of benzene rings is 2. The van der Waals surface area contributed by atoms with Gasteiger partial charge in [-0.05, 0) is 114 Å². The van der Waals surface area contributed by atoms with E-state index >= 15 is 0 Å². The number of carboxylic acids is 1. The minimum atomic E-state index is -1.15. The van der Waals surface area contributed by atoms with Crippen LogP contribution in [-0.2, 0) is 79.2 Å². The quantitative estimate of drug-likeness (QED) is 0.0239. The van der Waals surface area contributed by atoms with E-state index in [1.165, 1.54) is 17.2 Å². The summed E-state index contributed by atoms with van der Waals surface area (Å²) in [6.45, 7) is 34.7. The van der Waals surface area contributed by atoms with Crippen molar-refractivity contribution in [2.45, 2.75) is 130 Å². The predicted molar refractivity (Wildman–Crippen MR) is 376 cm³/mol. The van der Waals surface area contributed by atoms with E-state index in [-0.39, 0.29) is 70.2 Å². The molecule has 0 bridgehead atoms. The van der Waals surface area contributed by atoms with E-state index in [1.807, 2.05) is 26.8 Å². The number of nitrogens with one attached hydrogen (secondary N) is 1. The van der Waals surface area contributed by atoms with E-state index in [4.69, 9.17) is 72.0 Å². The lowest BCUT2D eigenvalue weighted by atomic mass is 9.73. The number of phenolic OH excluding ortho intramolecular Hbond substituents is 3. The molecular weight excluding hydrogens is 1250 g/mol. The number of nitrogens with two attached hydrogens (primary N) is 1. The number of carbonyl (C=O) groups is 2. The zero-order valence-corrected chi connectivity index (χ0v) is 60.2. The van der Waals surface area contributed by atoms with Crippen molar-refractivity contribution < 1.29 is 101 Å². The average molecular weight is 1380 g/mol. The second-order valence-electron chi connectivity index (χ2n) is 24.0. The third-order valence-electron chi connectivity index (χ3n) is 16.1. The minimum Gasteiger partial charge on any atom is -0.507 e. The predicted octanol–water partition coefficient (Wildman–Crippen LogP) is 10.6. The van der Waals surface area contributed by atoms with E-state index in [0.29, 0.717) is 213 Å². The van der Waals surface area contributed by atoms with Crippen LogP contribution < -0.4 is 11.1 Å². The second kappa shape index (κ2) is 56.7. The molecule has 4 atom stereocenters. The smallest absolute Gasteiger partial charge is 0.339 e. The number of unbranched alkanes of at least 4 members (excludes halogenated alkanes) is 4.